The molecule has 3 heterocycles. The number of carbonyl (C=O) groups is 2. The van der Waals surface area contributed by atoms with E-state index in [2.05, 4.69) is 15.5 Å². The number of amides is 2. The smallest absolute Gasteiger partial charge is 0.253 e. The Balaban J connectivity index is 1.36. The molecule has 2 aromatic rings. The minimum Gasteiger partial charge on any atom is -0.342 e. The summed E-state index contributed by atoms with van der Waals surface area (Å²) in [6.45, 7) is 7.53. The van der Waals surface area contributed by atoms with Crippen molar-refractivity contribution >= 4 is 11.8 Å². The van der Waals surface area contributed by atoms with Gasteiger partial charge in [0.1, 0.15) is 5.82 Å². The van der Waals surface area contributed by atoms with E-state index >= 15 is 0 Å². The van der Waals surface area contributed by atoms with Crippen LogP contribution in [-0.2, 0) is 11.3 Å². The number of nitrogens with zero attached hydrogens (tertiary/aromatic N) is 6. The van der Waals surface area contributed by atoms with Crippen LogP contribution in [0.3, 0.4) is 0 Å². The number of benzene rings is 1. The Labute approximate surface area is 164 Å². The van der Waals surface area contributed by atoms with E-state index in [0.29, 0.717) is 18.5 Å². The fourth-order valence-electron chi connectivity index (χ4n) is 4.29. The average Bonchev–Trinajstić information content (AvgIpc) is 3.25. The van der Waals surface area contributed by atoms with E-state index in [4.69, 9.17) is 0 Å². The third-order valence-corrected chi connectivity index (χ3v) is 6.14. The third-order valence-electron chi connectivity index (χ3n) is 6.14. The van der Waals surface area contributed by atoms with Gasteiger partial charge in [-0.2, -0.15) is 0 Å². The lowest BCUT2D eigenvalue weighted by Gasteiger charge is -2.38. The molecule has 8 nitrogen and oxygen atoms in total. The van der Waals surface area contributed by atoms with Crippen LogP contribution in [0.4, 0.5) is 0 Å². The molecule has 148 valence electrons. The Morgan fingerprint density at radius 3 is 2.46 bits per heavy atom. The van der Waals surface area contributed by atoms with Gasteiger partial charge in [0.25, 0.3) is 5.91 Å². The van der Waals surface area contributed by atoms with Gasteiger partial charge in [-0.1, -0.05) is 12.1 Å². The monoisotopic (exact) mass is 382 g/mol. The first-order chi connectivity index (χ1) is 13.5. The maximum absolute atomic E-state index is 12.9. The molecule has 0 unspecified atom stereocenters. The van der Waals surface area contributed by atoms with Crippen molar-refractivity contribution in [2.45, 2.75) is 39.7 Å². The summed E-state index contributed by atoms with van der Waals surface area (Å²) in [4.78, 5) is 28.9. The maximum Gasteiger partial charge on any atom is 0.253 e. The van der Waals surface area contributed by atoms with Crippen molar-refractivity contribution in [3.63, 3.8) is 0 Å². The van der Waals surface area contributed by atoms with Crippen LogP contribution in [0.5, 0.6) is 0 Å². The van der Waals surface area contributed by atoms with E-state index in [0.717, 1.165) is 50.4 Å². The molecule has 0 bridgehead atoms. The van der Waals surface area contributed by atoms with Crippen molar-refractivity contribution in [1.82, 2.24) is 30.0 Å². The van der Waals surface area contributed by atoms with Crippen LogP contribution in [-0.4, -0.2) is 68.0 Å². The fourth-order valence-corrected chi connectivity index (χ4v) is 4.29. The molecule has 0 aliphatic carbocycles. The Bertz CT molecular complexity index is 867. The molecule has 1 aromatic heterocycles. The molecule has 1 aromatic carbocycles. The van der Waals surface area contributed by atoms with E-state index in [1.54, 1.807) is 4.68 Å². The zero-order valence-corrected chi connectivity index (χ0v) is 16.5. The van der Waals surface area contributed by atoms with Crippen LogP contribution >= 0.6 is 0 Å². The first-order valence-electron chi connectivity index (χ1n) is 9.88. The van der Waals surface area contributed by atoms with Gasteiger partial charge in [-0.15, -0.1) is 5.10 Å². The Hall–Kier alpha value is -2.77. The van der Waals surface area contributed by atoms with Gasteiger partial charge < -0.3 is 9.80 Å². The van der Waals surface area contributed by atoms with Crippen LogP contribution in [0.2, 0.25) is 0 Å². The Morgan fingerprint density at radius 1 is 1.18 bits per heavy atom. The summed E-state index contributed by atoms with van der Waals surface area (Å²) in [5.41, 5.74) is 1.82. The molecule has 8 heteroatoms. The average molecular weight is 382 g/mol. The SMILES string of the molecule is CCN1CC2(CCN(C(=O)c3ccc(Cn4nnnc4C)cc3)CC2)CC1=O. The van der Waals surface area contributed by atoms with Crippen LogP contribution < -0.4 is 0 Å². The number of piperidine rings is 1. The third kappa shape index (κ3) is 3.50. The second kappa shape index (κ2) is 7.33. The van der Waals surface area contributed by atoms with Crippen molar-refractivity contribution in [2.75, 3.05) is 26.2 Å². The van der Waals surface area contributed by atoms with Crippen LogP contribution in [0.25, 0.3) is 0 Å². The zero-order chi connectivity index (χ0) is 19.7. The molecule has 2 amide bonds. The van der Waals surface area contributed by atoms with Crippen LogP contribution in [0.15, 0.2) is 24.3 Å². The highest BCUT2D eigenvalue weighted by Crippen LogP contribution is 2.41. The molecule has 0 saturated carbocycles. The summed E-state index contributed by atoms with van der Waals surface area (Å²) < 4.78 is 1.73. The van der Waals surface area contributed by atoms with E-state index in [1.165, 1.54) is 0 Å². The minimum atomic E-state index is 0.0664. The quantitative estimate of drug-likeness (QED) is 0.800. The lowest BCUT2D eigenvalue weighted by Crippen LogP contribution is -2.44. The standard InChI is InChI=1S/C20H26N6O2/c1-3-24-14-20(12-18(24)27)8-10-25(11-9-20)19(28)17-6-4-16(5-7-17)13-26-15(2)21-22-23-26/h4-7H,3,8-14H2,1-2H3. The summed E-state index contributed by atoms with van der Waals surface area (Å²) in [6.07, 6.45) is 2.43. The summed E-state index contributed by atoms with van der Waals surface area (Å²) in [6, 6.07) is 7.66. The number of rotatable bonds is 4. The molecule has 2 aliphatic rings. The van der Waals surface area contributed by atoms with E-state index < -0.39 is 0 Å². The summed E-state index contributed by atoms with van der Waals surface area (Å²) in [7, 11) is 0. The molecular formula is C20H26N6O2. The molecule has 0 N–H and O–H groups in total. The first-order valence-corrected chi connectivity index (χ1v) is 9.88. The van der Waals surface area contributed by atoms with Crippen LogP contribution in [0, 0.1) is 12.3 Å². The van der Waals surface area contributed by atoms with Gasteiger partial charge in [-0.3, -0.25) is 9.59 Å². The van der Waals surface area contributed by atoms with Gasteiger partial charge in [0.2, 0.25) is 5.91 Å². The van der Waals surface area contributed by atoms with Crippen molar-refractivity contribution in [2.24, 2.45) is 5.41 Å². The Morgan fingerprint density at radius 2 is 1.89 bits per heavy atom. The van der Waals surface area contributed by atoms with Gasteiger partial charge in [-0.25, -0.2) is 4.68 Å². The topological polar surface area (TPSA) is 84.2 Å². The molecular weight excluding hydrogens is 356 g/mol. The highest BCUT2D eigenvalue weighted by Gasteiger charge is 2.44. The van der Waals surface area contributed by atoms with Crippen molar-refractivity contribution < 1.29 is 9.59 Å². The lowest BCUT2D eigenvalue weighted by molar-refractivity contribution is -0.127. The highest BCUT2D eigenvalue weighted by molar-refractivity contribution is 5.94. The number of carbonyl (C=O) groups excluding carboxylic acids is 2. The van der Waals surface area contributed by atoms with Crippen molar-refractivity contribution in [3.8, 4) is 0 Å². The largest absolute Gasteiger partial charge is 0.342 e. The number of hydrogen-bond donors (Lipinski definition) is 0. The second-order valence-corrected chi connectivity index (χ2v) is 7.96. The van der Waals surface area contributed by atoms with E-state index in [1.807, 2.05) is 47.9 Å². The molecule has 1 spiro atoms. The number of likely N-dealkylation sites (tertiary alicyclic amines) is 2. The molecule has 2 saturated heterocycles. The fraction of sp³-hybridized carbons (Fsp3) is 0.550. The normalized spacial score (nSPS) is 18.9. The maximum atomic E-state index is 12.9. The van der Waals surface area contributed by atoms with Crippen LogP contribution in [0.1, 0.15) is 47.9 Å². The predicted molar refractivity (Wildman–Crippen MR) is 103 cm³/mol. The molecule has 4 rings (SSSR count). The van der Waals surface area contributed by atoms with E-state index in [9.17, 15) is 9.59 Å². The Kier molecular flexibility index (Phi) is 4.87. The number of tetrazole rings is 1. The number of aromatic nitrogens is 4. The number of hydrogen-bond acceptors (Lipinski definition) is 5. The van der Waals surface area contributed by atoms with Crippen molar-refractivity contribution in [3.05, 3.63) is 41.2 Å². The van der Waals surface area contributed by atoms with Crippen molar-refractivity contribution in [1.29, 1.82) is 0 Å². The lowest BCUT2D eigenvalue weighted by atomic mass is 9.77. The minimum absolute atomic E-state index is 0.0664. The summed E-state index contributed by atoms with van der Waals surface area (Å²) >= 11 is 0. The summed E-state index contributed by atoms with van der Waals surface area (Å²) in [5.74, 6) is 1.08. The van der Waals surface area contributed by atoms with Gasteiger partial charge in [0.05, 0.1) is 6.54 Å². The molecule has 2 fully saturated rings. The first kappa shape index (κ1) is 18.6. The predicted octanol–water partition coefficient (Wildman–Crippen LogP) is 1.50. The molecule has 28 heavy (non-hydrogen) atoms. The second-order valence-electron chi connectivity index (χ2n) is 7.96. The van der Waals surface area contributed by atoms with Gasteiger partial charge >= 0.3 is 0 Å². The summed E-state index contributed by atoms with van der Waals surface area (Å²) in [5, 5.41) is 11.5. The molecule has 0 atom stereocenters. The number of aryl methyl sites for hydroxylation is 1. The highest BCUT2D eigenvalue weighted by atomic mass is 16.2. The van der Waals surface area contributed by atoms with Gasteiger partial charge in [0.15, 0.2) is 0 Å². The molecule has 0 radical (unpaired) electrons. The zero-order valence-electron chi connectivity index (χ0n) is 16.5. The van der Waals surface area contributed by atoms with Gasteiger partial charge in [0, 0.05) is 43.6 Å². The van der Waals surface area contributed by atoms with E-state index in [-0.39, 0.29) is 17.2 Å². The molecule has 2 aliphatic heterocycles. The van der Waals surface area contributed by atoms with Gasteiger partial charge in [-0.05, 0) is 54.8 Å².